The van der Waals surface area contributed by atoms with Crippen molar-refractivity contribution in [2.75, 3.05) is 0 Å². The van der Waals surface area contributed by atoms with Crippen molar-refractivity contribution in [1.82, 2.24) is 9.97 Å². The zero-order chi connectivity index (χ0) is 13.0. The van der Waals surface area contributed by atoms with E-state index >= 15 is 0 Å². The summed E-state index contributed by atoms with van der Waals surface area (Å²) in [6.45, 7) is 6.86. The molecule has 0 N–H and O–H groups in total. The first kappa shape index (κ1) is 12.6. The molecule has 2 aromatic heterocycles. The smallest absolute Gasteiger partial charge is 0.213 e. The molecule has 0 fully saturated rings. The Morgan fingerprint density at radius 1 is 1.06 bits per heavy atom. The molecular formula is C15H18N2O. The summed E-state index contributed by atoms with van der Waals surface area (Å²) in [6, 6.07) is 11.6. The number of pyridine rings is 2. The quantitative estimate of drug-likeness (QED) is 0.827. The van der Waals surface area contributed by atoms with E-state index in [2.05, 4.69) is 30.7 Å². The second-order valence-electron chi connectivity index (χ2n) is 5.22. The fourth-order valence-corrected chi connectivity index (χ4v) is 1.54. The van der Waals surface area contributed by atoms with Gasteiger partial charge in [-0.2, -0.15) is 0 Å². The van der Waals surface area contributed by atoms with Gasteiger partial charge in [-0.25, -0.2) is 4.98 Å². The van der Waals surface area contributed by atoms with Crippen molar-refractivity contribution in [3.05, 3.63) is 54.0 Å². The highest BCUT2D eigenvalue weighted by molar-refractivity contribution is 5.21. The van der Waals surface area contributed by atoms with Gasteiger partial charge in [-0.3, -0.25) is 4.98 Å². The molecule has 3 heteroatoms. The van der Waals surface area contributed by atoms with E-state index in [1.807, 2.05) is 36.4 Å². The first-order valence-corrected chi connectivity index (χ1v) is 6.06. The van der Waals surface area contributed by atoms with Crippen molar-refractivity contribution in [2.45, 2.75) is 32.8 Å². The van der Waals surface area contributed by atoms with Gasteiger partial charge in [0.05, 0.1) is 5.69 Å². The number of nitrogens with zero attached hydrogens (tertiary/aromatic N) is 2. The molecule has 18 heavy (non-hydrogen) atoms. The maximum absolute atomic E-state index is 5.65. The molecule has 0 saturated heterocycles. The van der Waals surface area contributed by atoms with Crippen LogP contribution in [0.1, 0.15) is 32.2 Å². The molecule has 0 aliphatic rings. The third kappa shape index (κ3) is 3.29. The number of ether oxygens (including phenoxy) is 1. The van der Waals surface area contributed by atoms with Crippen LogP contribution >= 0.6 is 0 Å². The highest BCUT2D eigenvalue weighted by atomic mass is 16.5. The Balaban J connectivity index is 2.06. The van der Waals surface area contributed by atoms with Gasteiger partial charge in [-0.05, 0) is 18.2 Å². The van der Waals surface area contributed by atoms with Gasteiger partial charge >= 0.3 is 0 Å². The molecule has 0 aliphatic heterocycles. The van der Waals surface area contributed by atoms with Crippen LogP contribution in [0.15, 0.2) is 42.6 Å². The molecule has 94 valence electrons. The molecule has 2 heterocycles. The predicted octanol–water partition coefficient (Wildman–Crippen LogP) is 3.35. The SMILES string of the molecule is CC(C)(C)c1cccc(OCc2ccccn2)n1. The van der Waals surface area contributed by atoms with Crippen molar-refractivity contribution in [3.63, 3.8) is 0 Å². The van der Waals surface area contributed by atoms with E-state index in [1.165, 1.54) is 0 Å². The Hall–Kier alpha value is -1.90. The van der Waals surface area contributed by atoms with Gasteiger partial charge in [0.2, 0.25) is 5.88 Å². The van der Waals surface area contributed by atoms with E-state index in [9.17, 15) is 0 Å². The molecule has 2 aromatic rings. The maximum atomic E-state index is 5.65. The van der Waals surface area contributed by atoms with Gasteiger partial charge in [0, 0.05) is 23.4 Å². The summed E-state index contributed by atoms with van der Waals surface area (Å²) in [5.41, 5.74) is 1.96. The van der Waals surface area contributed by atoms with Crippen LogP contribution in [0.2, 0.25) is 0 Å². The average molecular weight is 242 g/mol. The first-order chi connectivity index (χ1) is 8.55. The lowest BCUT2D eigenvalue weighted by atomic mass is 9.92. The van der Waals surface area contributed by atoms with E-state index < -0.39 is 0 Å². The van der Waals surface area contributed by atoms with Crippen molar-refractivity contribution in [2.24, 2.45) is 0 Å². The van der Waals surface area contributed by atoms with Crippen molar-refractivity contribution in [1.29, 1.82) is 0 Å². The predicted molar refractivity (Wildman–Crippen MR) is 71.5 cm³/mol. The van der Waals surface area contributed by atoms with Gasteiger partial charge in [0.1, 0.15) is 6.61 Å². The normalized spacial score (nSPS) is 11.3. The lowest BCUT2D eigenvalue weighted by Gasteiger charge is -2.18. The summed E-state index contributed by atoms with van der Waals surface area (Å²) in [4.78, 5) is 8.72. The number of aromatic nitrogens is 2. The monoisotopic (exact) mass is 242 g/mol. The summed E-state index contributed by atoms with van der Waals surface area (Å²) in [6.07, 6.45) is 1.76. The third-order valence-electron chi connectivity index (χ3n) is 2.59. The molecule has 0 radical (unpaired) electrons. The van der Waals surface area contributed by atoms with Gasteiger partial charge in [-0.1, -0.05) is 32.9 Å². The first-order valence-electron chi connectivity index (χ1n) is 6.06. The Labute approximate surface area is 108 Å². The second-order valence-corrected chi connectivity index (χ2v) is 5.22. The lowest BCUT2D eigenvalue weighted by Crippen LogP contribution is -2.13. The molecule has 0 atom stereocenters. The minimum Gasteiger partial charge on any atom is -0.471 e. The van der Waals surface area contributed by atoms with Crippen molar-refractivity contribution < 1.29 is 4.74 Å². The molecule has 3 nitrogen and oxygen atoms in total. The largest absolute Gasteiger partial charge is 0.471 e. The summed E-state index contributed by atoms with van der Waals surface area (Å²) < 4.78 is 5.65. The van der Waals surface area contributed by atoms with Crippen LogP contribution in [0.3, 0.4) is 0 Å². The number of hydrogen-bond donors (Lipinski definition) is 0. The molecule has 0 spiro atoms. The number of hydrogen-bond acceptors (Lipinski definition) is 3. The van der Waals surface area contributed by atoms with E-state index in [4.69, 9.17) is 4.74 Å². The summed E-state index contributed by atoms with van der Waals surface area (Å²) >= 11 is 0. The second kappa shape index (κ2) is 5.17. The molecule has 0 aromatic carbocycles. The van der Waals surface area contributed by atoms with Crippen molar-refractivity contribution in [3.8, 4) is 5.88 Å². The van der Waals surface area contributed by atoms with E-state index in [0.29, 0.717) is 12.5 Å². The summed E-state index contributed by atoms with van der Waals surface area (Å²) in [7, 11) is 0. The Kier molecular flexibility index (Phi) is 3.60. The van der Waals surface area contributed by atoms with Gasteiger partial charge in [-0.15, -0.1) is 0 Å². The molecule has 0 aliphatic carbocycles. The summed E-state index contributed by atoms with van der Waals surface area (Å²) in [5.74, 6) is 0.646. The highest BCUT2D eigenvalue weighted by Gasteiger charge is 2.15. The molecule has 2 rings (SSSR count). The van der Waals surface area contributed by atoms with E-state index in [1.54, 1.807) is 6.20 Å². The van der Waals surface area contributed by atoms with Crippen LogP contribution in [-0.2, 0) is 12.0 Å². The fourth-order valence-electron chi connectivity index (χ4n) is 1.54. The maximum Gasteiger partial charge on any atom is 0.213 e. The van der Waals surface area contributed by atoms with Gasteiger partial charge in [0.25, 0.3) is 0 Å². The van der Waals surface area contributed by atoms with Crippen LogP contribution in [0.25, 0.3) is 0 Å². The minimum atomic E-state index is 0.0321. The third-order valence-corrected chi connectivity index (χ3v) is 2.59. The van der Waals surface area contributed by atoms with E-state index in [-0.39, 0.29) is 5.41 Å². The fraction of sp³-hybridized carbons (Fsp3) is 0.333. The molecule has 0 amide bonds. The molecular weight excluding hydrogens is 224 g/mol. The van der Waals surface area contributed by atoms with Crippen LogP contribution in [0, 0.1) is 0 Å². The average Bonchev–Trinajstić information content (AvgIpc) is 2.37. The zero-order valence-electron chi connectivity index (χ0n) is 11.1. The number of rotatable bonds is 3. The Morgan fingerprint density at radius 3 is 2.56 bits per heavy atom. The van der Waals surface area contributed by atoms with Crippen molar-refractivity contribution >= 4 is 0 Å². The molecule has 0 unspecified atom stereocenters. The Morgan fingerprint density at radius 2 is 1.89 bits per heavy atom. The van der Waals surface area contributed by atoms with Crippen LogP contribution in [0.4, 0.5) is 0 Å². The topological polar surface area (TPSA) is 35.0 Å². The van der Waals surface area contributed by atoms with E-state index in [0.717, 1.165) is 11.4 Å². The minimum absolute atomic E-state index is 0.0321. The van der Waals surface area contributed by atoms with Crippen LogP contribution in [-0.4, -0.2) is 9.97 Å². The standard InChI is InChI=1S/C15H18N2O/c1-15(2,3)13-8-6-9-14(17-13)18-11-12-7-4-5-10-16-12/h4-10H,11H2,1-3H3. The molecule has 0 saturated carbocycles. The lowest BCUT2D eigenvalue weighted by molar-refractivity contribution is 0.287. The Bertz CT molecular complexity index is 503. The van der Waals surface area contributed by atoms with Gasteiger partial charge < -0.3 is 4.74 Å². The zero-order valence-corrected chi connectivity index (χ0v) is 11.1. The summed E-state index contributed by atoms with van der Waals surface area (Å²) in [5, 5.41) is 0. The van der Waals surface area contributed by atoms with Crippen LogP contribution in [0.5, 0.6) is 5.88 Å². The van der Waals surface area contributed by atoms with Crippen LogP contribution < -0.4 is 4.74 Å². The van der Waals surface area contributed by atoms with Gasteiger partial charge in [0.15, 0.2) is 0 Å². The molecule has 0 bridgehead atoms. The highest BCUT2D eigenvalue weighted by Crippen LogP contribution is 2.22.